The van der Waals surface area contributed by atoms with E-state index in [1.807, 2.05) is 0 Å². The van der Waals surface area contributed by atoms with Crippen LogP contribution in [0, 0.1) is 17.6 Å². The zero-order valence-electron chi connectivity index (χ0n) is 13.0. The molecule has 1 fully saturated rings. The molecule has 1 heterocycles. The summed E-state index contributed by atoms with van der Waals surface area (Å²) in [5, 5.41) is 3.62. The van der Waals surface area contributed by atoms with Gasteiger partial charge in [-0.25, -0.2) is 8.78 Å². The van der Waals surface area contributed by atoms with Crippen molar-refractivity contribution in [2.45, 2.75) is 45.7 Å². The summed E-state index contributed by atoms with van der Waals surface area (Å²) in [6, 6.07) is 5.00. The zero-order valence-corrected chi connectivity index (χ0v) is 13.0. The lowest BCUT2D eigenvalue weighted by Gasteiger charge is -2.39. The third-order valence-corrected chi connectivity index (χ3v) is 4.42. The number of benzene rings is 1. The highest BCUT2D eigenvalue weighted by molar-refractivity contribution is 5.19. The number of piperidine rings is 1. The van der Waals surface area contributed by atoms with Crippen LogP contribution in [0.5, 0.6) is 0 Å². The second-order valence-corrected chi connectivity index (χ2v) is 5.97. The molecule has 1 saturated heterocycles. The SMILES string of the molecule is CCCNC1CCN(Cc2cccc(F)c2F)CC1CC. The van der Waals surface area contributed by atoms with Gasteiger partial charge in [0, 0.05) is 24.7 Å². The van der Waals surface area contributed by atoms with Crippen molar-refractivity contribution in [2.75, 3.05) is 19.6 Å². The van der Waals surface area contributed by atoms with Crippen molar-refractivity contribution in [1.82, 2.24) is 10.2 Å². The van der Waals surface area contributed by atoms with Gasteiger partial charge in [0.1, 0.15) is 0 Å². The molecule has 2 nitrogen and oxygen atoms in total. The summed E-state index contributed by atoms with van der Waals surface area (Å²) in [7, 11) is 0. The molecule has 2 atom stereocenters. The molecule has 0 aliphatic carbocycles. The predicted octanol–water partition coefficient (Wildman–Crippen LogP) is 3.56. The second kappa shape index (κ2) is 7.85. The summed E-state index contributed by atoms with van der Waals surface area (Å²) in [6.45, 7) is 7.83. The second-order valence-electron chi connectivity index (χ2n) is 5.97. The van der Waals surface area contributed by atoms with Crippen molar-refractivity contribution >= 4 is 0 Å². The van der Waals surface area contributed by atoms with Crippen LogP contribution in [0.3, 0.4) is 0 Å². The fourth-order valence-electron chi connectivity index (χ4n) is 3.17. The highest BCUT2D eigenvalue weighted by Crippen LogP contribution is 2.23. The van der Waals surface area contributed by atoms with E-state index in [2.05, 4.69) is 24.1 Å². The standard InChI is InChI=1S/C17H26F2N2/c1-3-9-20-16-8-10-21(11-13(16)4-2)12-14-6-5-7-15(18)17(14)19/h5-7,13,16,20H,3-4,8-12H2,1-2H3. The molecule has 118 valence electrons. The van der Waals surface area contributed by atoms with Crippen LogP contribution in [0.25, 0.3) is 0 Å². The summed E-state index contributed by atoms with van der Waals surface area (Å²) in [6.07, 6.45) is 3.34. The molecule has 0 spiro atoms. The molecule has 1 aliphatic rings. The molecular weight excluding hydrogens is 270 g/mol. The van der Waals surface area contributed by atoms with Gasteiger partial charge >= 0.3 is 0 Å². The first-order valence-electron chi connectivity index (χ1n) is 8.04. The molecule has 4 heteroatoms. The van der Waals surface area contributed by atoms with E-state index in [-0.39, 0.29) is 0 Å². The Hall–Kier alpha value is -1.00. The molecule has 0 amide bonds. The minimum absolute atomic E-state index is 0.463. The summed E-state index contributed by atoms with van der Waals surface area (Å²) in [5.74, 6) is -0.863. The van der Waals surface area contributed by atoms with Gasteiger partial charge in [0.2, 0.25) is 0 Å². The fourth-order valence-corrected chi connectivity index (χ4v) is 3.17. The van der Waals surface area contributed by atoms with Gasteiger partial charge in [-0.15, -0.1) is 0 Å². The molecule has 0 radical (unpaired) electrons. The summed E-state index contributed by atoms with van der Waals surface area (Å²) >= 11 is 0. The first-order chi connectivity index (χ1) is 10.2. The van der Waals surface area contributed by atoms with Crippen LogP contribution in [0.1, 0.15) is 38.7 Å². The number of rotatable bonds is 6. The van der Waals surface area contributed by atoms with Gasteiger partial charge in [-0.05, 0) is 37.9 Å². The summed E-state index contributed by atoms with van der Waals surface area (Å²) in [5.41, 5.74) is 0.463. The molecule has 1 aliphatic heterocycles. The van der Waals surface area contributed by atoms with E-state index in [1.54, 1.807) is 12.1 Å². The largest absolute Gasteiger partial charge is 0.314 e. The molecule has 0 aromatic heterocycles. The van der Waals surface area contributed by atoms with Crippen molar-refractivity contribution < 1.29 is 8.78 Å². The molecular formula is C17H26F2N2. The fraction of sp³-hybridized carbons (Fsp3) is 0.647. The molecule has 2 rings (SSSR count). The number of nitrogens with one attached hydrogen (secondary N) is 1. The maximum absolute atomic E-state index is 13.8. The minimum Gasteiger partial charge on any atom is -0.314 e. The third kappa shape index (κ3) is 4.24. The average Bonchev–Trinajstić information content (AvgIpc) is 2.50. The van der Waals surface area contributed by atoms with Gasteiger partial charge in [-0.1, -0.05) is 32.4 Å². The number of nitrogens with zero attached hydrogens (tertiary/aromatic N) is 1. The lowest BCUT2D eigenvalue weighted by molar-refractivity contribution is 0.127. The van der Waals surface area contributed by atoms with Crippen LogP contribution in [-0.4, -0.2) is 30.6 Å². The normalized spacial score (nSPS) is 23.4. The van der Waals surface area contributed by atoms with E-state index < -0.39 is 11.6 Å². The predicted molar refractivity (Wildman–Crippen MR) is 82.1 cm³/mol. The molecule has 21 heavy (non-hydrogen) atoms. The highest BCUT2D eigenvalue weighted by atomic mass is 19.2. The molecule has 1 N–H and O–H groups in total. The smallest absolute Gasteiger partial charge is 0.163 e. The summed E-state index contributed by atoms with van der Waals surface area (Å²) in [4.78, 5) is 2.25. The zero-order chi connectivity index (χ0) is 15.2. The van der Waals surface area contributed by atoms with E-state index in [4.69, 9.17) is 0 Å². The number of likely N-dealkylation sites (tertiary alicyclic amines) is 1. The number of hydrogen-bond donors (Lipinski definition) is 1. The van der Waals surface area contributed by atoms with Crippen LogP contribution in [0.4, 0.5) is 8.78 Å². The van der Waals surface area contributed by atoms with E-state index in [0.29, 0.717) is 24.1 Å². The van der Waals surface area contributed by atoms with Crippen LogP contribution >= 0.6 is 0 Å². The van der Waals surface area contributed by atoms with Crippen molar-refractivity contribution in [3.8, 4) is 0 Å². The van der Waals surface area contributed by atoms with Gasteiger partial charge in [-0.3, -0.25) is 4.90 Å². The van der Waals surface area contributed by atoms with Gasteiger partial charge in [0.25, 0.3) is 0 Å². The maximum atomic E-state index is 13.8. The van der Waals surface area contributed by atoms with Crippen LogP contribution in [-0.2, 0) is 6.54 Å². The molecule has 2 unspecified atom stereocenters. The van der Waals surface area contributed by atoms with E-state index in [0.717, 1.165) is 38.9 Å². The van der Waals surface area contributed by atoms with Gasteiger partial charge in [0.15, 0.2) is 11.6 Å². The van der Waals surface area contributed by atoms with Crippen LogP contribution < -0.4 is 5.32 Å². The van der Waals surface area contributed by atoms with Crippen molar-refractivity contribution in [2.24, 2.45) is 5.92 Å². The van der Waals surface area contributed by atoms with E-state index in [9.17, 15) is 8.78 Å². The van der Waals surface area contributed by atoms with E-state index in [1.165, 1.54) is 6.07 Å². The highest BCUT2D eigenvalue weighted by Gasteiger charge is 2.27. The topological polar surface area (TPSA) is 15.3 Å². The first kappa shape index (κ1) is 16.4. The lowest BCUT2D eigenvalue weighted by atomic mass is 9.89. The average molecular weight is 296 g/mol. The molecule has 0 saturated carbocycles. The number of hydrogen-bond acceptors (Lipinski definition) is 2. The number of halogens is 2. The molecule has 0 bridgehead atoms. The van der Waals surface area contributed by atoms with Gasteiger partial charge in [-0.2, -0.15) is 0 Å². The Bertz CT molecular complexity index is 450. The van der Waals surface area contributed by atoms with Crippen LogP contribution in [0.15, 0.2) is 18.2 Å². The Morgan fingerprint density at radius 3 is 2.81 bits per heavy atom. The quantitative estimate of drug-likeness (QED) is 0.863. The first-order valence-corrected chi connectivity index (χ1v) is 8.04. The van der Waals surface area contributed by atoms with Gasteiger partial charge < -0.3 is 5.32 Å². The Kier molecular flexibility index (Phi) is 6.12. The van der Waals surface area contributed by atoms with Crippen molar-refractivity contribution in [3.05, 3.63) is 35.4 Å². The van der Waals surface area contributed by atoms with Crippen molar-refractivity contribution in [3.63, 3.8) is 0 Å². The maximum Gasteiger partial charge on any atom is 0.163 e. The lowest BCUT2D eigenvalue weighted by Crippen LogP contribution is -2.49. The Labute approximate surface area is 126 Å². The third-order valence-electron chi connectivity index (χ3n) is 4.42. The Morgan fingerprint density at radius 1 is 1.29 bits per heavy atom. The van der Waals surface area contributed by atoms with Crippen molar-refractivity contribution in [1.29, 1.82) is 0 Å². The Morgan fingerprint density at radius 2 is 2.10 bits per heavy atom. The molecule has 1 aromatic carbocycles. The van der Waals surface area contributed by atoms with E-state index >= 15 is 0 Å². The van der Waals surface area contributed by atoms with Gasteiger partial charge in [0.05, 0.1) is 0 Å². The Balaban J connectivity index is 1.95. The monoisotopic (exact) mass is 296 g/mol. The van der Waals surface area contributed by atoms with Crippen LogP contribution in [0.2, 0.25) is 0 Å². The minimum atomic E-state index is -0.751. The summed E-state index contributed by atoms with van der Waals surface area (Å²) < 4.78 is 27.0. The molecule has 1 aromatic rings.